The van der Waals surface area contributed by atoms with Crippen molar-refractivity contribution >= 4 is 18.4 Å². The molecule has 0 amide bonds. The third-order valence-corrected chi connectivity index (χ3v) is 1.69. The molecule has 3 nitrogen and oxygen atoms in total. The molecule has 1 aromatic rings. The van der Waals surface area contributed by atoms with Crippen LogP contribution in [0.5, 0.6) is 0 Å². The normalized spacial score (nSPS) is 11.5. The second-order valence-electron chi connectivity index (χ2n) is 2.78. The Labute approximate surface area is 89.1 Å². The van der Waals surface area contributed by atoms with Crippen LogP contribution in [0.4, 0.5) is 0 Å². The number of rotatable bonds is 4. The molecule has 0 aliphatic rings. The average Bonchev–Trinajstić information content (AvgIpc) is 2.15. The first kappa shape index (κ1) is 12.9. The van der Waals surface area contributed by atoms with Crippen molar-refractivity contribution in [3.63, 3.8) is 0 Å². The molecule has 0 aliphatic carbocycles. The molecule has 0 heterocycles. The Balaban J connectivity index is 0.00000169. The van der Waals surface area contributed by atoms with Gasteiger partial charge in [-0.25, -0.2) is 4.79 Å². The number of carboxylic acids is 1. The highest BCUT2D eigenvalue weighted by atomic mass is 35.5. The van der Waals surface area contributed by atoms with E-state index >= 15 is 0 Å². The van der Waals surface area contributed by atoms with Crippen molar-refractivity contribution < 1.29 is 14.6 Å². The highest BCUT2D eigenvalue weighted by Crippen LogP contribution is 2.02. The van der Waals surface area contributed by atoms with Gasteiger partial charge in [0, 0.05) is 0 Å². The van der Waals surface area contributed by atoms with Gasteiger partial charge in [0.2, 0.25) is 0 Å². The first-order valence-corrected chi connectivity index (χ1v) is 4.08. The van der Waals surface area contributed by atoms with E-state index in [1.54, 1.807) is 0 Å². The van der Waals surface area contributed by atoms with Gasteiger partial charge in [-0.1, -0.05) is 30.3 Å². The van der Waals surface area contributed by atoms with E-state index < -0.39 is 12.1 Å². The van der Waals surface area contributed by atoms with Gasteiger partial charge in [-0.15, -0.1) is 12.4 Å². The summed E-state index contributed by atoms with van der Waals surface area (Å²) in [5, 5.41) is 8.54. The molecular weight excluding hydrogens is 204 g/mol. The zero-order chi connectivity index (χ0) is 9.68. The van der Waals surface area contributed by atoms with Crippen LogP contribution in [-0.4, -0.2) is 17.2 Å². The first-order chi connectivity index (χ1) is 6.20. The highest BCUT2D eigenvalue weighted by molar-refractivity contribution is 5.85. The lowest BCUT2D eigenvalue weighted by Gasteiger charge is -2.07. The number of hydrogen-bond donors (Lipinski definition) is 1. The van der Waals surface area contributed by atoms with Crippen molar-refractivity contribution in [3.8, 4) is 0 Å². The summed E-state index contributed by atoms with van der Waals surface area (Å²) in [6.45, 7) is 1.86. The Morgan fingerprint density at radius 2 is 2.00 bits per heavy atom. The minimum Gasteiger partial charge on any atom is -0.479 e. The summed E-state index contributed by atoms with van der Waals surface area (Å²) in [5.74, 6) is -0.934. The Morgan fingerprint density at radius 3 is 2.50 bits per heavy atom. The maximum atomic E-state index is 10.4. The monoisotopic (exact) mass is 216 g/mol. The number of ether oxygens (including phenoxy) is 1. The lowest BCUT2D eigenvalue weighted by Crippen LogP contribution is -2.19. The molecule has 0 aromatic heterocycles. The van der Waals surface area contributed by atoms with Crippen molar-refractivity contribution in [2.45, 2.75) is 19.6 Å². The Kier molecular flexibility index (Phi) is 5.92. The lowest BCUT2D eigenvalue weighted by atomic mass is 10.2. The van der Waals surface area contributed by atoms with Crippen molar-refractivity contribution in [1.29, 1.82) is 0 Å². The van der Waals surface area contributed by atoms with Crippen LogP contribution >= 0.6 is 12.4 Å². The molecule has 0 saturated heterocycles. The predicted octanol–water partition coefficient (Wildman–Crippen LogP) is 2.10. The first-order valence-electron chi connectivity index (χ1n) is 4.08. The second kappa shape index (κ2) is 6.40. The molecule has 0 aliphatic heterocycles. The summed E-state index contributed by atoms with van der Waals surface area (Å²) in [7, 11) is 0. The van der Waals surface area contributed by atoms with E-state index in [0.717, 1.165) is 5.56 Å². The van der Waals surface area contributed by atoms with E-state index in [9.17, 15) is 4.79 Å². The topological polar surface area (TPSA) is 46.5 Å². The number of halogens is 1. The molecule has 4 heteroatoms. The minimum absolute atomic E-state index is 0. The molecule has 14 heavy (non-hydrogen) atoms. The van der Waals surface area contributed by atoms with Gasteiger partial charge in [-0.2, -0.15) is 0 Å². The van der Waals surface area contributed by atoms with Gasteiger partial charge in [0.25, 0.3) is 0 Å². The van der Waals surface area contributed by atoms with Crippen LogP contribution < -0.4 is 0 Å². The van der Waals surface area contributed by atoms with Crippen molar-refractivity contribution in [2.24, 2.45) is 0 Å². The van der Waals surface area contributed by atoms with Crippen LogP contribution in [0.15, 0.2) is 30.3 Å². The largest absolute Gasteiger partial charge is 0.479 e. The van der Waals surface area contributed by atoms with Crippen molar-refractivity contribution in [1.82, 2.24) is 0 Å². The van der Waals surface area contributed by atoms with E-state index in [0.29, 0.717) is 6.61 Å². The smallest absolute Gasteiger partial charge is 0.332 e. The van der Waals surface area contributed by atoms with Crippen LogP contribution in [0.3, 0.4) is 0 Å². The van der Waals surface area contributed by atoms with Gasteiger partial charge >= 0.3 is 5.97 Å². The zero-order valence-electron chi connectivity index (χ0n) is 7.84. The van der Waals surface area contributed by atoms with Gasteiger partial charge in [0.05, 0.1) is 6.61 Å². The summed E-state index contributed by atoms with van der Waals surface area (Å²) < 4.78 is 5.09. The summed E-state index contributed by atoms with van der Waals surface area (Å²) in [6, 6.07) is 9.49. The molecule has 1 rings (SSSR count). The fourth-order valence-electron chi connectivity index (χ4n) is 0.867. The molecule has 1 N–H and O–H groups in total. The average molecular weight is 217 g/mol. The van der Waals surface area contributed by atoms with Gasteiger partial charge in [0.15, 0.2) is 6.10 Å². The molecule has 78 valence electrons. The Hall–Kier alpha value is -1.06. The maximum absolute atomic E-state index is 10.4. The van der Waals surface area contributed by atoms with E-state index in [1.165, 1.54) is 6.92 Å². The van der Waals surface area contributed by atoms with Crippen molar-refractivity contribution in [3.05, 3.63) is 35.9 Å². The standard InChI is InChI=1S/C10H12O3.ClH/c1-8(10(11)12)13-7-9-5-3-2-4-6-9;/h2-6,8H,7H2,1H3,(H,11,12);1H. The van der Waals surface area contributed by atoms with Crippen LogP contribution in [0.1, 0.15) is 12.5 Å². The van der Waals surface area contributed by atoms with Gasteiger partial charge in [-0.05, 0) is 12.5 Å². The number of hydrogen-bond acceptors (Lipinski definition) is 2. The third-order valence-electron chi connectivity index (χ3n) is 1.69. The number of aliphatic carboxylic acids is 1. The third kappa shape index (κ3) is 4.25. The summed E-state index contributed by atoms with van der Waals surface area (Å²) in [5.41, 5.74) is 0.982. The molecule has 0 bridgehead atoms. The fourth-order valence-corrected chi connectivity index (χ4v) is 0.867. The molecule has 1 unspecified atom stereocenters. The van der Waals surface area contributed by atoms with Crippen LogP contribution in [-0.2, 0) is 16.1 Å². The van der Waals surface area contributed by atoms with E-state index in [4.69, 9.17) is 9.84 Å². The van der Waals surface area contributed by atoms with E-state index in [-0.39, 0.29) is 12.4 Å². The SMILES string of the molecule is CC(OCc1ccccc1)C(=O)O.Cl. The van der Waals surface area contributed by atoms with E-state index in [1.807, 2.05) is 30.3 Å². The summed E-state index contributed by atoms with van der Waals surface area (Å²) >= 11 is 0. The second-order valence-corrected chi connectivity index (χ2v) is 2.78. The molecule has 0 spiro atoms. The Bertz CT molecular complexity index is 274. The summed E-state index contributed by atoms with van der Waals surface area (Å²) in [4.78, 5) is 10.4. The van der Waals surface area contributed by atoms with Crippen molar-refractivity contribution in [2.75, 3.05) is 0 Å². The van der Waals surface area contributed by atoms with Crippen LogP contribution in [0.2, 0.25) is 0 Å². The van der Waals surface area contributed by atoms with Crippen LogP contribution in [0, 0.1) is 0 Å². The zero-order valence-corrected chi connectivity index (χ0v) is 8.66. The minimum atomic E-state index is -0.934. The van der Waals surface area contributed by atoms with Gasteiger partial charge < -0.3 is 9.84 Å². The quantitative estimate of drug-likeness (QED) is 0.839. The fraction of sp³-hybridized carbons (Fsp3) is 0.300. The lowest BCUT2D eigenvalue weighted by molar-refractivity contribution is -0.149. The summed E-state index contributed by atoms with van der Waals surface area (Å²) in [6.07, 6.45) is -0.750. The number of carbonyl (C=O) groups is 1. The maximum Gasteiger partial charge on any atom is 0.332 e. The van der Waals surface area contributed by atoms with Gasteiger partial charge in [-0.3, -0.25) is 0 Å². The molecular formula is C10H13ClO3. The van der Waals surface area contributed by atoms with Crippen LogP contribution in [0.25, 0.3) is 0 Å². The Morgan fingerprint density at radius 1 is 1.43 bits per heavy atom. The molecule has 0 saturated carbocycles. The van der Waals surface area contributed by atoms with E-state index in [2.05, 4.69) is 0 Å². The molecule has 1 atom stereocenters. The molecule has 0 fully saturated rings. The molecule has 1 aromatic carbocycles. The predicted molar refractivity (Wildman–Crippen MR) is 55.6 cm³/mol. The van der Waals surface area contributed by atoms with Gasteiger partial charge in [0.1, 0.15) is 0 Å². The number of benzene rings is 1. The molecule has 0 radical (unpaired) electrons. The number of carboxylic acid groups (broad SMARTS) is 1. The highest BCUT2D eigenvalue weighted by Gasteiger charge is 2.10.